The Kier molecular flexibility index (Phi) is 32.8. The van der Waals surface area contributed by atoms with Gasteiger partial charge in [0.2, 0.25) is 12.2 Å². The molecule has 1 aromatic rings. The molecule has 14 nitrogen and oxygen atoms in total. The van der Waals surface area contributed by atoms with Crippen molar-refractivity contribution >= 4 is 12.2 Å². The Balaban J connectivity index is -0.000000520. The molecule has 0 saturated heterocycles. The average Bonchev–Trinajstić information content (AvgIpc) is 3.08. The number of hydrogen-bond acceptors (Lipinski definition) is 14. The first-order valence-corrected chi connectivity index (χ1v) is 14.1. The maximum atomic E-state index is 9.88. The number of isocyanates is 2. The molecular formula is C30H48N4O10. The molecular weight excluding hydrogens is 576 g/mol. The molecule has 1 aromatic carbocycles. The van der Waals surface area contributed by atoms with Gasteiger partial charge in [0.25, 0.3) is 12.5 Å². The second kappa shape index (κ2) is 32.2. The van der Waals surface area contributed by atoms with Crippen molar-refractivity contribution in [2.75, 3.05) is 52.8 Å². The fraction of sp³-hybridized carbons (Fsp3) is 0.667. The molecule has 6 N–H and O–H groups in total. The molecule has 0 radical (unpaired) electrons. The lowest BCUT2D eigenvalue weighted by Gasteiger charge is -2.24. The molecule has 0 aliphatic carbocycles. The molecule has 0 aliphatic rings. The summed E-state index contributed by atoms with van der Waals surface area (Å²) >= 11 is 0. The third-order valence-electron chi connectivity index (χ3n) is 6.53. The minimum Gasteiger partial charge on any atom is -0.428 e. The molecule has 14 heteroatoms. The van der Waals surface area contributed by atoms with Gasteiger partial charge in [-0.3, -0.25) is 0 Å². The van der Waals surface area contributed by atoms with Gasteiger partial charge in [-0.05, 0) is 43.2 Å². The Hall–Kier alpha value is -3.68. The van der Waals surface area contributed by atoms with E-state index < -0.39 is 10.8 Å². The number of unbranched alkanes of at least 4 members (excludes halogenated alkanes) is 3. The van der Waals surface area contributed by atoms with Crippen LogP contribution >= 0.6 is 0 Å². The number of benzene rings is 1. The fourth-order valence-corrected chi connectivity index (χ4v) is 2.84. The van der Waals surface area contributed by atoms with Crippen molar-refractivity contribution in [1.29, 1.82) is 10.5 Å². The monoisotopic (exact) mass is 624 g/mol. The summed E-state index contributed by atoms with van der Waals surface area (Å²) in [6.45, 7) is 4.31. The molecule has 248 valence electrons. The van der Waals surface area contributed by atoms with Crippen LogP contribution in [0.15, 0.2) is 34.3 Å². The second-order valence-electron chi connectivity index (χ2n) is 9.59. The maximum Gasteiger partial charge on any atom is 0.286 e. The first-order chi connectivity index (χ1) is 21.3. The smallest absolute Gasteiger partial charge is 0.286 e. The summed E-state index contributed by atoms with van der Waals surface area (Å²) in [7, 11) is 0. The van der Waals surface area contributed by atoms with E-state index in [4.69, 9.17) is 41.2 Å². The van der Waals surface area contributed by atoms with Gasteiger partial charge in [-0.1, -0.05) is 44.5 Å². The predicted molar refractivity (Wildman–Crippen MR) is 160 cm³/mol. The molecule has 0 saturated carbocycles. The van der Waals surface area contributed by atoms with Gasteiger partial charge in [0.05, 0.1) is 52.7 Å². The van der Waals surface area contributed by atoms with Gasteiger partial charge in [0.1, 0.15) is 13.2 Å². The normalized spacial score (nSPS) is 9.86. The summed E-state index contributed by atoms with van der Waals surface area (Å²) in [5, 5.41) is 68.1. The number of aliphatic hydroxyl groups excluding tert-OH is 6. The van der Waals surface area contributed by atoms with Crippen LogP contribution in [0, 0.1) is 33.9 Å². The average molecular weight is 625 g/mol. The van der Waals surface area contributed by atoms with Crippen LogP contribution in [0.1, 0.15) is 63.5 Å². The lowest BCUT2D eigenvalue weighted by atomic mass is 9.88. The van der Waals surface area contributed by atoms with E-state index >= 15 is 0 Å². The van der Waals surface area contributed by atoms with Gasteiger partial charge in [0, 0.05) is 10.8 Å². The van der Waals surface area contributed by atoms with E-state index in [0.29, 0.717) is 32.5 Å². The number of rotatable bonds is 19. The van der Waals surface area contributed by atoms with Crippen LogP contribution in [0.2, 0.25) is 0 Å². The Morgan fingerprint density at radius 1 is 0.705 bits per heavy atom. The third kappa shape index (κ3) is 23.8. The highest BCUT2D eigenvalue weighted by Crippen LogP contribution is 2.19. The van der Waals surface area contributed by atoms with E-state index in [9.17, 15) is 9.59 Å². The summed E-state index contributed by atoms with van der Waals surface area (Å²) in [6, 6.07) is 7.34. The number of hydrogen-bond donors (Lipinski definition) is 6. The molecule has 0 heterocycles. The summed E-state index contributed by atoms with van der Waals surface area (Å²) in [5.74, 6) is 0. The second-order valence-corrected chi connectivity index (χ2v) is 9.59. The number of nitrogens with zero attached hydrogens (tertiary/aromatic N) is 4. The van der Waals surface area contributed by atoms with Crippen LogP contribution in [0.3, 0.4) is 0 Å². The van der Waals surface area contributed by atoms with E-state index in [2.05, 4.69) is 19.5 Å². The molecule has 0 amide bonds. The first kappa shape index (κ1) is 44.8. The van der Waals surface area contributed by atoms with E-state index in [1.54, 1.807) is 12.5 Å². The van der Waals surface area contributed by atoms with E-state index in [-0.39, 0.29) is 46.2 Å². The van der Waals surface area contributed by atoms with Crippen LogP contribution in [0.5, 0.6) is 0 Å². The topological polar surface area (TPSA) is 246 Å². The number of aliphatic hydroxyl groups is 6. The molecule has 0 aromatic heterocycles. The van der Waals surface area contributed by atoms with Crippen molar-refractivity contribution in [1.82, 2.24) is 0 Å². The van der Waals surface area contributed by atoms with Crippen LogP contribution in [-0.2, 0) is 32.2 Å². The standard InChI is InChI=1S/C10H8N2O2.C8H12N2O2.2C6H14O3/c11-7-14-6-10-3-1-2-9(4-10)5-12-8-13;9-7-12-6-4-2-1-3-5-10-8-11;2*1-2-6(3-7,4-8)5-9/h1-4H,5-6H2;1-6H2;2*7-9H,2-5H2,1H3. The Bertz CT molecular complexity index is 937. The molecule has 0 fully saturated rings. The Morgan fingerprint density at radius 2 is 1.18 bits per heavy atom. The summed E-state index contributed by atoms with van der Waals surface area (Å²) < 4.78 is 9.06. The number of aliphatic imine (C=N–C) groups is 2. The Morgan fingerprint density at radius 3 is 1.59 bits per heavy atom. The van der Waals surface area contributed by atoms with E-state index in [1.165, 1.54) is 12.2 Å². The lowest BCUT2D eigenvalue weighted by molar-refractivity contribution is 0.00275. The van der Waals surface area contributed by atoms with Crippen molar-refractivity contribution in [2.24, 2.45) is 20.8 Å². The van der Waals surface area contributed by atoms with Crippen molar-refractivity contribution in [2.45, 2.75) is 65.5 Å². The highest BCUT2D eigenvalue weighted by atomic mass is 16.5. The van der Waals surface area contributed by atoms with Crippen LogP contribution in [-0.4, -0.2) is 95.6 Å². The molecule has 0 unspecified atom stereocenters. The number of carbonyl (C=O) groups excluding carboxylic acids is 2. The zero-order valence-electron chi connectivity index (χ0n) is 25.7. The van der Waals surface area contributed by atoms with Crippen molar-refractivity contribution in [3.8, 4) is 12.5 Å². The first-order valence-electron chi connectivity index (χ1n) is 14.1. The largest absolute Gasteiger partial charge is 0.428 e. The third-order valence-corrected chi connectivity index (χ3v) is 6.53. The van der Waals surface area contributed by atoms with Crippen LogP contribution in [0.4, 0.5) is 0 Å². The van der Waals surface area contributed by atoms with E-state index in [0.717, 1.165) is 36.8 Å². The van der Waals surface area contributed by atoms with Crippen molar-refractivity contribution < 1.29 is 49.7 Å². The zero-order chi connectivity index (χ0) is 34.0. The zero-order valence-corrected chi connectivity index (χ0v) is 25.7. The molecule has 0 bridgehead atoms. The maximum absolute atomic E-state index is 9.88. The molecule has 0 atom stereocenters. The summed E-state index contributed by atoms with van der Waals surface area (Å²) in [5.41, 5.74) is 0.442. The van der Waals surface area contributed by atoms with Crippen LogP contribution < -0.4 is 0 Å². The van der Waals surface area contributed by atoms with Gasteiger partial charge in [-0.25, -0.2) is 19.6 Å². The number of ether oxygens (including phenoxy) is 2. The fourth-order valence-electron chi connectivity index (χ4n) is 2.84. The molecule has 0 aliphatic heterocycles. The van der Waals surface area contributed by atoms with Gasteiger partial charge in [-0.2, -0.15) is 10.5 Å². The highest BCUT2D eigenvalue weighted by molar-refractivity contribution is 5.34. The summed E-state index contributed by atoms with van der Waals surface area (Å²) in [6.07, 6.45) is 11.2. The van der Waals surface area contributed by atoms with Crippen molar-refractivity contribution in [3.63, 3.8) is 0 Å². The van der Waals surface area contributed by atoms with Crippen LogP contribution in [0.25, 0.3) is 0 Å². The molecule has 44 heavy (non-hydrogen) atoms. The van der Waals surface area contributed by atoms with Crippen molar-refractivity contribution in [3.05, 3.63) is 35.4 Å². The minimum absolute atomic E-state index is 0.156. The SMILES string of the molecule is CCC(CO)(CO)CO.CCC(CO)(CO)CO.N#COCCCCCCN=C=O.N#COCc1cccc(CN=C=O)c1. The number of nitriles is 2. The van der Waals surface area contributed by atoms with Gasteiger partial charge >= 0.3 is 0 Å². The van der Waals surface area contributed by atoms with E-state index in [1.807, 2.05) is 38.1 Å². The minimum atomic E-state index is -0.667. The van der Waals surface area contributed by atoms with Gasteiger partial charge < -0.3 is 40.1 Å². The van der Waals surface area contributed by atoms with Gasteiger partial charge in [-0.15, -0.1) is 0 Å². The molecule has 1 rings (SSSR count). The molecule has 0 spiro atoms. The highest BCUT2D eigenvalue weighted by Gasteiger charge is 2.25. The summed E-state index contributed by atoms with van der Waals surface area (Å²) in [4.78, 5) is 26.4. The quantitative estimate of drug-likeness (QED) is 0.0556. The predicted octanol–water partition coefficient (Wildman–Crippen LogP) is 1.62. The van der Waals surface area contributed by atoms with Gasteiger partial charge in [0.15, 0.2) is 0 Å². The Labute approximate surface area is 259 Å². The lowest BCUT2D eigenvalue weighted by Crippen LogP contribution is -2.32.